The Balaban J connectivity index is 1.96. The van der Waals surface area contributed by atoms with Gasteiger partial charge in [-0.2, -0.15) is 0 Å². The molecule has 1 fully saturated rings. The number of rotatable bonds is 9. The van der Waals surface area contributed by atoms with E-state index in [2.05, 4.69) is 19.6 Å². The van der Waals surface area contributed by atoms with Crippen molar-refractivity contribution < 1.29 is 28.6 Å². The van der Waals surface area contributed by atoms with Gasteiger partial charge in [-0.25, -0.2) is 0 Å². The van der Waals surface area contributed by atoms with Crippen LogP contribution in [-0.2, 0) is 23.9 Å². The monoisotopic (exact) mass is 446 g/mol. The number of Topliss-reactive ketones (excluding diaryl/α,β-unsaturated/α-hetero) is 1. The molecule has 7 heteroatoms. The van der Waals surface area contributed by atoms with E-state index in [4.69, 9.17) is 14.2 Å². The van der Waals surface area contributed by atoms with Crippen molar-refractivity contribution in [3.05, 3.63) is 29.3 Å². The smallest absolute Gasteiger partial charge is 0.310 e. The Bertz CT molecular complexity index is 843. The third-order valence-corrected chi connectivity index (χ3v) is 7.84. The van der Waals surface area contributed by atoms with Crippen molar-refractivity contribution in [2.45, 2.75) is 64.2 Å². The van der Waals surface area contributed by atoms with E-state index in [0.717, 1.165) is 17.2 Å². The molecule has 3 aliphatic carbocycles. The van der Waals surface area contributed by atoms with Crippen molar-refractivity contribution in [1.82, 2.24) is 0 Å². The van der Waals surface area contributed by atoms with Crippen LogP contribution in [0, 0.1) is 11.8 Å². The molecular weight excluding hydrogens is 412 g/mol. The number of hydrogen-bond acceptors (Lipinski definition) is 6. The van der Waals surface area contributed by atoms with Crippen LogP contribution < -0.4 is 4.74 Å². The average molecular weight is 447 g/mol. The standard InChI is InChI=1S/C24H34O6Si/c1-6-10-29-24(27)22-20-17-13-15(28-7-2)8-9-16(17)18(14-19(20)25)21(22)23(26)30-11-12-31(3,4)5/h8-9,13,18,20-22H,6-7,10-12,14H2,1-5H3/t18?,20-,21?,22-/m1/s1. The van der Waals surface area contributed by atoms with Gasteiger partial charge in [-0.3, -0.25) is 14.4 Å². The minimum absolute atomic E-state index is 0.0178. The van der Waals surface area contributed by atoms with Gasteiger partial charge in [0, 0.05) is 20.4 Å². The number of hydrogen-bond donors (Lipinski definition) is 0. The summed E-state index contributed by atoms with van der Waals surface area (Å²) in [6.45, 7) is 11.6. The molecule has 0 radical (unpaired) electrons. The Morgan fingerprint density at radius 3 is 2.32 bits per heavy atom. The lowest BCUT2D eigenvalue weighted by molar-refractivity contribution is -0.167. The fourth-order valence-electron chi connectivity index (χ4n) is 4.66. The third-order valence-electron chi connectivity index (χ3n) is 6.14. The van der Waals surface area contributed by atoms with Crippen molar-refractivity contribution in [2.75, 3.05) is 19.8 Å². The maximum Gasteiger partial charge on any atom is 0.310 e. The van der Waals surface area contributed by atoms with Gasteiger partial charge in [0.05, 0.1) is 37.6 Å². The van der Waals surface area contributed by atoms with Crippen molar-refractivity contribution in [3.63, 3.8) is 0 Å². The Kier molecular flexibility index (Phi) is 7.24. The largest absolute Gasteiger partial charge is 0.494 e. The maximum absolute atomic E-state index is 13.2. The van der Waals surface area contributed by atoms with E-state index < -0.39 is 37.8 Å². The highest BCUT2D eigenvalue weighted by Gasteiger charge is 2.57. The first-order valence-corrected chi connectivity index (χ1v) is 15.0. The molecule has 1 aromatic rings. The molecule has 170 valence electrons. The van der Waals surface area contributed by atoms with E-state index in [-0.39, 0.29) is 24.7 Å². The topological polar surface area (TPSA) is 78.9 Å². The molecule has 6 nitrogen and oxygen atoms in total. The van der Waals surface area contributed by atoms with E-state index >= 15 is 0 Å². The Morgan fingerprint density at radius 1 is 1.00 bits per heavy atom. The highest BCUT2D eigenvalue weighted by molar-refractivity contribution is 6.76. The molecule has 0 amide bonds. The van der Waals surface area contributed by atoms with E-state index in [0.29, 0.717) is 25.4 Å². The number of fused-ring (bicyclic) bond motifs is 2. The van der Waals surface area contributed by atoms with Crippen molar-refractivity contribution in [1.29, 1.82) is 0 Å². The Hall–Kier alpha value is -2.15. The van der Waals surface area contributed by atoms with Gasteiger partial charge in [-0.15, -0.1) is 0 Å². The van der Waals surface area contributed by atoms with E-state index in [1.54, 1.807) is 0 Å². The number of ether oxygens (including phenoxy) is 3. The van der Waals surface area contributed by atoms with Crippen LogP contribution in [0.4, 0.5) is 0 Å². The SMILES string of the molecule is CCCOC(=O)[C@H]1C(C(=O)OCC[Si](C)(C)C)C2CC(=O)[C@H]1c1cc(OCC)ccc12. The highest BCUT2D eigenvalue weighted by atomic mass is 28.3. The van der Waals surface area contributed by atoms with Gasteiger partial charge in [0.2, 0.25) is 0 Å². The van der Waals surface area contributed by atoms with Gasteiger partial charge in [0.15, 0.2) is 0 Å². The first-order valence-electron chi connectivity index (χ1n) is 11.3. The van der Waals surface area contributed by atoms with Crippen molar-refractivity contribution >= 4 is 25.8 Å². The lowest BCUT2D eigenvalue weighted by Crippen LogP contribution is -2.50. The second kappa shape index (κ2) is 9.55. The summed E-state index contributed by atoms with van der Waals surface area (Å²) in [5.41, 5.74) is 1.73. The fourth-order valence-corrected chi connectivity index (χ4v) is 5.38. The number of carbonyl (C=O) groups is 3. The van der Waals surface area contributed by atoms with Gasteiger partial charge in [0.1, 0.15) is 11.5 Å². The summed E-state index contributed by atoms with van der Waals surface area (Å²) in [4.78, 5) is 39.2. The zero-order valence-electron chi connectivity index (χ0n) is 19.2. The summed E-state index contributed by atoms with van der Waals surface area (Å²) < 4.78 is 16.7. The average Bonchev–Trinajstić information content (AvgIpc) is 2.70. The minimum Gasteiger partial charge on any atom is -0.494 e. The van der Waals surface area contributed by atoms with Crippen LogP contribution in [0.3, 0.4) is 0 Å². The Labute approximate surface area is 185 Å². The predicted octanol–water partition coefficient (Wildman–Crippen LogP) is 4.31. The zero-order valence-corrected chi connectivity index (χ0v) is 20.2. The normalized spacial score (nSPS) is 24.5. The lowest BCUT2D eigenvalue weighted by atomic mass is 9.55. The molecule has 0 aromatic heterocycles. The Morgan fingerprint density at radius 2 is 1.68 bits per heavy atom. The van der Waals surface area contributed by atoms with Gasteiger partial charge in [0.25, 0.3) is 0 Å². The quantitative estimate of drug-likeness (QED) is 0.416. The summed E-state index contributed by atoms with van der Waals surface area (Å²) >= 11 is 0. The summed E-state index contributed by atoms with van der Waals surface area (Å²) in [5, 5.41) is 0. The van der Waals surface area contributed by atoms with Crippen LogP contribution in [0.25, 0.3) is 0 Å². The van der Waals surface area contributed by atoms with Gasteiger partial charge in [-0.05, 0) is 42.6 Å². The van der Waals surface area contributed by atoms with Crippen LogP contribution in [0.1, 0.15) is 49.7 Å². The van der Waals surface area contributed by atoms with Gasteiger partial charge < -0.3 is 14.2 Å². The molecule has 3 aliphatic rings. The summed E-state index contributed by atoms with van der Waals surface area (Å²) in [6.07, 6.45) is 0.924. The van der Waals surface area contributed by atoms with E-state index in [1.165, 1.54) is 0 Å². The van der Waals surface area contributed by atoms with Crippen LogP contribution in [0.5, 0.6) is 5.75 Å². The zero-order chi connectivity index (χ0) is 22.8. The second-order valence-electron chi connectivity index (χ2n) is 9.68. The van der Waals surface area contributed by atoms with Crippen molar-refractivity contribution in [2.24, 2.45) is 11.8 Å². The van der Waals surface area contributed by atoms with Crippen LogP contribution in [0.15, 0.2) is 18.2 Å². The molecular formula is C24H34O6Si. The molecule has 0 N–H and O–H groups in total. The first kappa shape index (κ1) is 23.5. The molecule has 2 bridgehead atoms. The summed E-state index contributed by atoms with van der Waals surface area (Å²) in [5.74, 6) is -2.84. The number of benzene rings is 1. The van der Waals surface area contributed by atoms with Crippen LogP contribution >= 0.6 is 0 Å². The maximum atomic E-state index is 13.2. The van der Waals surface area contributed by atoms with Crippen molar-refractivity contribution in [3.8, 4) is 5.75 Å². The second-order valence-corrected chi connectivity index (χ2v) is 15.3. The molecule has 0 saturated heterocycles. The minimum atomic E-state index is -1.37. The van der Waals surface area contributed by atoms with Crippen LogP contribution in [-0.4, -0.2) is 45.6 Å². The number of esters is 2. The molecule has 0 heterocycles. The molecule has 2 unspecified atom stereocenters. The number of ketones is 1. The first-order chi connectivity index (χ1) is 14.7. The third kappa shape index (κ3) is 5.02. The van der Waals surface area contributed by atoms with Crippen LogP contribution in [0.2, 0.25) is 25.7 Å². The lowest BCUT2D eigenvalue weighted by Gasteiger charge is -2.46. The molecule has 4 rings (SSSR count). The van der Waals surface area contributed by atoms with Gasteiger partial charge >= 0.3 is 11.9 Å². The molecule has 0 spiro atoms. The molecule has 0 aliphatic heterocycles. The molecule has 31 heavy (non-hydrogen) atoms. The molecule has 1 aromatic carbocycles. The molecule has 1 saturated carbocycles. The summed E-state index contributed by atoms with van der Waals surface area (Å²) in [6, 6.07) is 6.50. The molecule has 4 atom stereocenters. The fraction of sp³-hybridized carbons (Fsp3) is 0.625. The van der Waals surface area contributed by atoms with E-state index in [9.17, 15) is 14.4 Å². The highest BCUT2D eigenvalue weighted by Crippen LogP contribution is 2.55. The summed E-state index contributed by atoms with van der Waals surface area (Å²) in [7, 11) is -1.37. The number of carbonyl (C=O) groups excluding carboxylic acids is 3. The predicted molar refractivity (Wildman–Crippen MR) is 120 cm³/mol. The van der Waals surface area contributed by atoms with Gasteiger partial charge in [-0.1, -0.05) is 32.6 Å². The van der Waals surface area contributed by atoms with E-state index in [1.807, 2.05) is 32.0 Å².